The highest BCUT2D eigenvalue weighted by Gasteiger charge is 2.32. The Morgan fingerprint density at radius 2 is 1.68 bits per heavy atom. The standard InChI is InChI=1S/C24H24ClNO2/c1-2-21(26-18-11-15-7-3-4-8-16(15)12-18)24-22(27)13-17(14-23(24)28)19-9-5-6-10-20(19)25/h3-10,17-18,27H,2,11-14H2,1H3. The second-order valence-electron chi connectivity index (χ2n) is 7.63. The molecule has 0 saturated heterocycles. The fraction of sp³-hybridized carbons (Fsp3) is 0.333. The minimum atomic E-state index is -0.0845. The lowest BCUT2D eigenvalue weighted by Gasteiger charge is -2.25. The Labute approximate surface area is 170 Å². The summed E-state index contributed by atoms with van der Waals surface area (Å²) in [6.45, 7) is 1.99. The predicted octanol–water partition coefficient (Wildman–Crippen LogP) is 5.62. The van der Waals surface area contributed by atoms with E-state index in [1.165, 1.54) is 11.1 Å². The molecule has 1 unspecified atom stereocenters. The van der Waals surface area contributed by atoms with Crippen molar-refractivity contribution in [3.8, 4) is 0 Å². The number of aliphatic hydroxyl groups excluding tert-OH is 1. The molecule has 144 valence electrons. The molecule has 1 N–H and O–H groups in total. The minimum Gasteiger partial charge on any atom is -0.511 e. The number of benzene rings is 2. The monoisotopic (exact) mass is 393 g/mol. The molecule has 4 heteroatoms. The molecule has 0 spiro atoms. The molecule has 4 rings (SSSR count). The van der Waals surface area contributed by atoms with E-state index in [1.54, 1.807) is 0 Å². The first kappa shape index (κ1) is 18.9. The van der Waals surface area contributed by atoms with Gasteiger partial charge in [-0.15, -0.1) is 0 Å². The van der Waals surface area contributed by atoms with E-state index >= 15 is 0 Å². The number of Topliss-reactive ketones (excluding diaryl/α,β-unsaturated/α-hetero) is 1. The van der Waals surface area contributed by atoms with Gasteiger partial charge in [0.25, 0.3) is 0 Å². The Bertz CT molecular complexity index is 951. The van der Waals surface area contributed by atoms with Crippen LogP contribution in [-0.4, -0.2) is 22.6 Å². The zero-order valence-corrected chi connectivity index (χ0v) is 16.7. The topological polar surface area (TPSA) is 49.7 Å². The van der Waals surface area contributed by atoms with E-state index in [2.05, 4.69) is 24.3 Å². The summed E-state index contributed by atoms with van der Waals surface area (Å²) in [6, 6.07) is 16.1. The maximum Gasteiger partial charge on any atom is 0.168 e. The number of nitrogens with zero attached hydrogens (tertiary/aromatic N) is 1. The molecule has 28 heavy (non-hydrogen) atoms. The zero-order chi connectivity index (χ0) is 19.7. The summed E-state index contributed by atoms with van der Waals surface area (Å²) >= 11 is 6.30. The van der Waals surface area contributed by atoms with Crippen molar-refractivity contribution < 1.29 is 9.90 Å². The first-order chi connectivity index (χ1) is 13.6. The molecule has 0 amide bonds. The lowest BCUT2D eigenvalue weighted by atomic mass is 9.81. The van der Waals surface area contributed by atoms with Crippen molar-refractivity contribution >= 4 is 23.1 Å². The maximum atomic E-state index is 13.0. The van der Waals surface area contributed by atoms with E-state index in [9.17, 15) is 9.90 Å². The summed E-state index contributed by atoms with van der Waals surface area (Å²) in [6.07, 6.45) is 3.20. The summed E-state index contributed by atoms with van der Waals surface area (Å²) in [7, 11) is 0. The Morgan fingerprint density at radius 3 is 2.29 bits per heavy atom. The molecule has 0 radical (unpaired) electrons. The molecule has 0 bridgehead atoms. The molecule has 2 aromatic carbocycles. The minimum absolute atomic E-state index is 0.0372. The molecule has 2 aliphatic carbocycles. The zero-order valence-electron chi connectivity index (χ0n) is 16.0. The summed E-state index contributed by atoms with van der Waals surface area (Å²) in [5.74, 6) is 0.0286. The van der Waals surface area contributed by atoms with Crippen LogP contribution in [0.1, 0.15) is 48.8 Å². The summed E-state index contributed by atoms with van der Waals surface area (Å²) in [5.41, 5.74) is 4.75. The van der Waals surface area contributed by atoms with Crippen molar-refractivity contribution in [2.24, 2.45) is 4.99 Å². The average molecular weight is 394 g/mol. The number of halogens is 1. The van der Waals surface area contributed by atoms with Gasteiger partial charge in [0.2, 0.25) is 0 Å². The van der Waals surface area contributed by atoms with Gasteiger partial charge in [0.05, 0.1) is 11.6 Å². The predicted molar refractivity (Wildman–Crippen MR) is 113 cm³/mol. The summed E-state index contributed by atoms with van der Waals surface area (Å²) in [5, 5.41) is 11.4. The van der Waals surface area contributed by atoms with Gasteiger partial charge in [-0.1, -0.05) is 61.0 Å². The quantitative estimate of drug-likeness (QED) is 0.685. The molecule has 0 fully saturated rings. The largest absolute Gasteiger partial charge is 0.511 e. The summed E-state index contributed by atoms with van der Waals surface area (Å²) < 4.78 is 0. The number of fused-ring (bicyclic) bond motifs is 1. The van der Waals surface area contributed by atoms with Gasteiger partial charge in [0.1, 0.15) is 5.76 Å². The van der Waals surface area contributed by atoms with Crippen LogP contribution in [0.15, 0.2) is 64.9 Å². The molecular weight excluding hydrogens is 370 g/mol. The van der Waals surface area contributed by atoms with Crippen LogP contribution in [0, 0.1) is 0 Å². The number of ketones is 1. The van der Waals surface area contributed by atoms with Crippen molar-refractivity contribution in [1.82, 2.24) is 0 Å². The van der Waals surface area contributed by atoms with E-state index in [1.807, 2.05) is 31.2 Å². The van der Waals surface area contributed by atoms with E-state index in [0.717, 1.165) is 24.1 Å². The number of hydrogen-bond acceptors (Lipinski definition) is 3. The lowest BCUT2D eigenvalue weighted by Crippen LogP contribution is -2.25. The second kappa shape index (κ2) is 7.92. The van der Waals surface area contributed by atoms with Crippen LogP contribution in [0.5, 0.6) is 0 Å². The Hall–Kier alpha value is -2.39. The van der Waals surface area contributed by atoms with Gasteiger partial charge in [0, 0.05) is 23.6 Å². The lowest BCUT2D eigenvalue weighted by molar-refractivity contribution is -0.116. The maximum absolute atomic E-state index is 13.0. The van der Waals surface area contributed by atoms with Crippen LogP contribution in [0.2, 0.25) is 5.02 Å². The van der Waals surface area contributed by atoms with Gasteiger partial charge < -0.3 is 5.11 Å². The van der Waals surface area contributed by atoms with Crippen LogP contribution in [0.3, 0.4) is 0 Å². The average Bonchev–Trinajstić information content (AvgIpc) is 3.09. The first-order valence-electron chi connectivity index (χ1n) is 9.90. The van der Waals surface area contributed by atoms with Crippen molar-refractivity contribution in [2.45, 2.75) is 51.0 Å². The fourth-order valence-electron chi connectivity index (χ4n) is 4.43. The van der Waals surface area contributed by atoms with Gasteiger partial charge in [-0.3, -0.25) is 9.79 Å². The molecule has 0 saturated carbocycles. The van der Waals surface area contributed by atoms with E-state index in [4.69, 9.17) is 16.6 Å². The first-order valence-corrected chi connectivity index (χ1v) is 10.3. The van der Waals surface area contributed by atoms with Crippen LogP contribution >= 0.6 is 11.6 Å². The number of allylic oxidation sites excluding steroid dienone is 2. The number of rotatable bonds is 4. The Morgan fingerprint density at radius 1 is 1.04 bits per heavy atom. The highest BCUT2D eigenvalue weighted by molar-refractivity contribution is 6.31. The fourth-order valence-corrected chi connectivity index (χ4v) is 4.72. The van der Waals surface area contributed by atoms with Crippen molar-refractivity contribution in [1.29, 1.82) is 0 Å². The normalized spacial score (nSPS) is 20.6. The second-order valence-corrected chi connectivity index (χ2v) is 8.04. The molecule has 1 atom stereocenters. The van der Waals surface area contributed by atoms with Crippen LogP contribution in [0.25, 0.3) is 0 Å². The molecule has 0 aromatic heterocycles. The Balaban J connectivity index is 1.59. The van der Waals surface area contributed by atoms with E-state index in [-0.39, 0.29) is 23.5 Å². The third kappa shape index (κ3) is 3.64. The third-order valence-electron chi connectivity index (χ3n) is 5.78. The molecular formula is C24H24ClNO2. The SMILES string of the molecule is CCC(=NC1Cc2ccccc2C1)C1=C(O)CC(c2ccccc2Cl)CC1=O. The molecule has 0 aliphatic heterocycles. The number of carbonyl (C=O) groups is 1. The number of hydrogen-bond donors (Lipinski definition) is 1. The van der Waals surface area contributed by atoms with Crippen molar-refractivity contribution in [3.63, 3.8) is 0 Å². The van der Waals surface area contributed by atoms with Crippen molar-refractivity contribution in [3.05, 3.63) is 81.6 Å². The number of aliphatic hydroxyl groups is 1. The van der Waals surface area contributed by atoms with E-state index in [0.29, 0.717) is 29.9 Å². The highest BCUT2D eigenvalue weighted by atomic mass is 35.5. The highest BCUT2D eigenvalue weighted by Crippen LogP contribution is 2.37. The molecule has 2 aliphatic rings. The third-order valence-corrected chi connectivity index (χ3v) is 6.12. The Kier molecular flexibility index (Phi) is 5.36. The molecule has 3 nitrogen and oxygen atoms in total. The van der Waals surface area contributed by atoms with Crippen LogP contribution in [0.4, 0.5) is 0 Å². The van der Waals surface area contributed by atoms with Gasteiger partial charge in [-0.25, -0.2) is 0 Å². The van der Waals surface area contributed by atoms with Gasteiger partial charge >= 0.3 is 0 Å². The molecule has 0 heterocycles. The summed E-state index contributed by atoms with van der Waals surface area (Å²) in [4.78, 5) is 17.9. The van der Waals surface area contributed by atoms with Crippen LogP contribution in [-0.2, 0) is 17.6 Å². The van der Waals surface area contributed by atoms with Gasteiger partial charge in [-0.05, 0) is 47.9 Å². The smallest absolute Gasteiger partial charge is 0.168 e. The van der Waals surface area contributed by atoms with Crippen LogP contribution < -0.4 is 0 Å². The number of carbonyl (C=O) groups excluding carboxylic acids is 1. The molecule has 2 aromatic rings. The van der Waals surface area contributed by atoms with Gasteiger partial charge in [0.15, 0.2) is 5.78 Å². The van der Waals surface area contributed by atoms with Crippen molar-refractivity contribution in [2.75, 3.05) is 0 Å². The number of aliphatic imine (C=N–C) groups is 1. The van der Waals surface area contributed by atoms with E-state index < -0.39 is 0 Å². The van der Waals surface area contributed by atoms with Gasteiger partial charge in [-0.2, -0.15) is 0 Å².